The lowest BCUT2D eigenvalue weighted by atomic mass is 9.96. The van der Waals surface area contributed by atoms with Gasteiger partial charge in [-0.25, -0.2) is 18.5 Å². The minimum Gasteiger partial charge on any atom is -0.345 e. The molecule has 28 heavy (non-hydrogen) atoms. The van der Waals surface area contributed by atoms with Gasteiger partial charge in [-0.1, -0.05) is 72.0 Å². The molecule has 0 radical (unpaired) electrons. The van der Waals surface area contributed by atoms with Crippen molar-refractivity contribution in [2.24, 2.45) is 5.14 Å². The summed E-state index contributed by atoms with van der Waals surface area (Å²) in [7, 11) is -3.70. The Kier molecular flexibility index (Phi) is 5.45. The van der Waals surface area contributed by atoms with E-state index in [1.807, 2.05) is 12.1 Å². The van der Waals surface area contributed by atoms with Gasteiger partial charge in [0.2, 0.25) is 10.0 Å². The third-order valence-electron chi connectivity index (χ3n) is 4.93. The fourth-order valence-corrected chi connectivity index (χ4v) is 5.17. The van der Waals surface area contributed by atoms with Crippen molar-refractivity contribution in [2.45, 2.75) is 10.3 Å². The fraction of sp³-hybridized carbons (Fsp3) is 0.250. The van der Waals surface area contributed by atoms with Crippen molar-refractivity contribution in [1.82, 2.24) is 9.88 Å². The van der Waals surface area contributed by atoms with Crippen molar-refractivity contribution >= 4 is 26.5 Å². The largest absolute Gasteiger partial charge is 0.345 e. The van der Waals surface area contributed by atoms with Crippen molar-refractivity contribution < 1.29 is 8.42 Å². The van der Waals surface area contributed by atoms with Gasteiger partial charge in [-0.05, 0) is 11.1 Å². The van der Waals surface area contributed by atoms with Crippen molar-refractivity contribution in [3.8, 4) is 0 Å². The SMILES string of the molecule is NS(=O)(=O)c1cnc(N2CCN(C(c3ccccc3)c3ccccc3)CC2)s1. The molecule has 4 rings (SSSR count). The summed E-state index contributed by atoms with van der Waals surface area (Å²) in [4.78, 5) is 8.85. The van der Waals surface area contributed by atoms with Gasteiger partial charge in [-0.2, -0.15) is 0 Å². The van der Waals surface area contributed by atoms with Gasteiger partial charge >= 0.3 is 0 Å². The second-order valence-electron chi connectivity index (χ2n) is 6.75. The van der Waals surface area contributed by atoms with Crippen LogP contribution in [0.25, 0.3) is 0 Å². The topological polar surface area (TPSA) is 79.5 Å². The molecule has 2 aromatic carbocycles. The molecule has 1 saturated heterocycles. The number of nitrogens with two attached hydrogens (primary N) is 1. The van der Waals surface area contributed by atoms with Crippen LogP contribution in [-0.4, -0.2) is 44.5 Å². The average molecular weight is 415 g/mol. The van der Waals surface area contributed by atoms with E-state index in [0.717, 1.165) is 37.5 Å². The van der Waals surface area contributed by atoms with Crippen molar-refractivity contribution in [1.29, 1.82) is 0 Å². The van der Waals surface area contributed by atoms with Crippen LogP contribution in [0.5, 0.6) is 0 Å². The number of rotatable bonds is 5. The number of sulfonamides is 1. The number of anilines is 1. The Morgan fingerprint density at radius 3 is 1.89 bits per heavy atom. The molecule has 0 saturated carbocycles. The maximum absolute atomic E-state index is 11.5. The average Bonchev–Trinajstić information content (AvgIpc) is 3.21. The Morgan fingerprint density at radius 1 is 0.893 bits per heavy atom. The fourth-order valence-electron chi connectivity index (χ4n) is 3.58. The number of hydrogen-bond acceptors (Lipinski definition) is 6. The summed E-state index contributed by atoms with van der Waals surface area (Å²) in [6.45, 7) is 3.29. The molecule has 146 valence electrons. The second-order valence-corrected chi connectivity index (χ2v) is 9.55. The Labute approximate surface area is 169 Å². The molecule has 6 nitrogen and oxygen atoms in total. The van der Waals surface area contributed by atoms with Crippen LogP contribution in [-0.2, 0) is 10.0 Å². The summed E-state index contributed by atoms with van der Waals surface area (Å²) in [5.74, 6) is 0. The standard InChI is InChI=1S/C20H22N4O2S2/c21-28(25,26)18-15-22-20(27-18)24-13-11-23(12-14-24)19(16-7-3-1-4-8-16)17-9-5-2-6-10-17/h1-10,15,19H,11-14H2,(H2,21,25,26). The molecule has 1 fully saturated rings. The first-order chi connectivity index (χ1) is 13.5. The number of thiazole rings is 1. The highest BCUT2D eigenvalue weighted by Crippen LogP contribution is 2.31. The molecule has 1 aromatic heterocycles. The summed E-state index contributed by atoms with van der Waals surface area (Å²) in [5, 5.41) is 5.91. The van der Waals surface area contributed by atoms with Gasteiger partial charge in [0, 0.05) is 26.2 Å². The van der Waals surface area contributed by atoms with Crippen LogP contribution < -0.4 is 10.0 Å². The van der Waals surface area contributed by atoms with Crippen LogP contribution in [0.4, 0.5) is 5.13 Å². The lowest BCUT2D eigenvalue weighted by Crippen LogP contribution is -2.47. The zero-order valence-electron chi connectivity index (χ0n) is 15.3. The predicted octanol–water partition coefficient (Wildman–Crippen LogP) is 2.70. The van der Waals surface area contributed by atoms with Crippen LogP contribution in [0.2, 0.25) is 0 Å². The molecular formula is C20H22N4O2S2. The smallest absolute Gasteiger partial charge is 0.249 e. The molecule has 0 amide bonds. The molecule has 0 spiro atoms. The molecule has 2 N–H and O–H groups in total. The highest BCUT2D eigenvalue weighted by Gasteiger charge is 2.27. The van der Waals surface area contributed by atoms with Crippen molar-refractivity contribution in [3.63, 3.8) is 0 Å². The van der Waals surface area contributed by atoms with E-state index < -0.39 is 10.0 Å². The zero-order chi connectivity index (χ0) is 19.6. The molecule has 0 unspecified atom stereocenters. The van der Waals surface area contributed by atoms with E-state index in [1.54, 1.807) is 0 Å². The summed E-state index contributed by atoms with van der Waals surface area (Å²) in [6, 6.07) is 21.2. The lowest BCUT2D eigenvalue weighted by Gasteiger charge is -2.39. The third kappa shape index (κ3) is 4.10. The molecule has 0 bridgehead atoms. The van der Waals surface area contributed by atoms with E-state index in [1.165, 1.54) is 17.3 Å². The molecule has 8 heteroatoms. The van der Waals surface area contributed by atoms with Crippen LogP contribution in [0.3, 0.4) is 0 Å². The highest BCUT2D eigenvalue weighted by atomic mass is 32.2. The van der Waals surface area contributed by atoms with E-state index in [0.29, 0.717) is 5.13 Å². The third-order valence-corrected chi connectivity index (χ3v) is 7.40. The Bertz CT molecular complexity index is 975. The number of benzene rings is 2. The van der Waals surface area contributed by atoms with E-state index in [2.05, 4.69) is 63.3 Å². The summed E-state index contributed by atoms with van der Waals surface area (Å²) < 4.78 is 23.1. The van der Waals surface area contributed by atoms with Gasteiger partial charge in [-0.15, -0.1) is 0 Å². The monoisotopic (exact) mass is 414 g/mol. The molecule has 1 aliphatic rings. The summed E-state index contributed by atoms with van der Waals surface area (Å²) >= 11 is 1.13. The number of aromatic nitrogens is 1. The first kappa shape index (κ1) is 19.1. The number of nitrogens with zero attached hydrogens (tertiary/aromatic N) is 3. The molecule has 0 atom stereocenters. The minimum absolute atomic E-state index is 0.108. The maximum Gasteiger partial charge on any atom is 0.249 e. The molecular weight excluding hydrogens is 392 g/mol. The van der Waals surface area contributed by atoms with Gasteiger partial charge < -0.3 is 4.90 Å². The van der Waals surface area contributed by atoms with Crippen LogP contribution >= 0.6 is 11.3 Å². The van der Waals surface area contributed by atoms with E-state index in [4.69, 9.17) is 5.14 Å². The number of piperazine rings is 1. The number of primary sulfonamides is 1. The van der Waals surface area contributed by atoms with Crippen molar-refractivity contribution in [2.75, 3.05) is 31.1 Å². The Hall–Kier alpha value is -2.26. The first-order valence-corrected chi connectivity index (χ1v) is 11.5. The van der Waals surface area contributed by atoms with Crippen LogP contribution in [0.15, 0.2) is 71.1 Å². The lowest BCUT2D eigenvalue weighted by molar-refractivity contribution is 0.212. The summed E-state index contributed by atoms with van der Waals surface area (Å²) in [5.41, 5.74) is 2.54. The minimum atomic E-state index is -3.70. The quantitative estimate of drug-likeness (QED) is 0.694. The van der Waals surface area contributed by atoms with Gasteiger partial charge in [0.1, 0.15) is 0 Å². The highest BCUT2D eigenvalue weighted by molar-refractivity contribution is 7.91. The maximum atomic E-state index is 11.5. The number of hydrogen-bond donors (Lipinski definition) is 1. The van der Waals surface area contributed by atoms with E-state index in [9.17, 15) is 8.42 Å². The van der Waals surface area contributed by atoms with Gasteiger partial charge in [0.15, 0.2) is 9.34 Å². The molecule has 3 aromatic rings. The van der Waals surface area contributed by atoms with Gasteiger partial charge in [0.05, 0.1) is 12.2 Å². The molecule has 0 aliphatic carbocycles. The van der Waals surface area contributed by atoms with Crippen LogP contribution in [0, 0.1) is 0 Å². The Balaban J connectivity index is 1.53. The van der Waals surface area contributed by atoms with Crippen molar-refractivity contribution in [3.05, 3.63) is 78.0 Å². The second kappa shape index (κ2) is 8.00. The first-order valence-electron chi connectivity index (χ1n) is 9.10. The zero-order valence-corrected chi connectivity index (χ0v) is 16.9. The van der Waals surface area contributed by atoms with E-state index in [-0.39, 0.29) is 10.3 Å². The van der Waals surface area contributed by atoms with E-state index >= 15 is 0 Å². The normalized spacial score (nSPS) is 15.9. The molecule has 1 aliphatic heterocycles. The predicted molar refractivity (Wildman–Crippen MR) is 112 cm³/mol. The van der Waals surface area contributed by atoms with Gasteiger partial charge in [0.25, 0.3) is 0 Å². The van der Waals surface area contributed by atoms with Crippen LogP contribution in [0.1, 0.15) is 17.2 Å². The Morgan fingerprint density at radius 2 is 1.43 bits per heavy atom. The summed E-state index contributed by atoms with van der Waals surface area (Å²) in [6.07, 6.45) is 1.35. The molecule has 2 heterocycles. The van der Waals surface area contributed by atoms with Gasteiger partial charge in [-0.3, -0.25) is 4.90 Å².